The van der Waals surface area contributed by atoms with Gasteiger partial charge in [-0.2, -0.15) is 0 Å². The summed E-state index contributed by atoms with van der Waals surface area (Å²) in [7, 11) is 0. The van der Waals surface area contributed by atoms with Crippen molar-refractivity contribution in [3.63, 3.8) is 0 Å². The quantitative estimate of drug-likeness (QED) is 0.236. The van der Waals surface area contributed by atoms with Gasteiger partial charge in [-0.25, -0.2) is 0 Å². The van der Waals surface area contributed by atoms with Crippen LogP contribution < -0.4 is 11.1 Å². The van der Waals surface area contributed by atoms with Gasteiger partial charge in [0.05, 0.1) is 0 Å². The number of hydrogen-bond donors (Lipinski definition) is 3. The van der Waals surface area contributed by atoms with Crippen molar-refractivity contribution >= 4 is 11.7 Å². The number of amidine groups is 1. The van der Waals surface area contributed by atoms with Crippen LogP contribution in [0.3, 0.4) is 0 Å². The second-order valence-electron chi connectivity index (χ2n) is 3.29. The number of nitrogens with zero attached hydrogens (tertiary/aromatic N) is 1. The minimum atomic E-state index is -0.477. The average molecular weight is 185 g/mol. The third kappa shape index (κ3) is 2.93. The molecule has 0 bridgehead atoms. The molecule has 0 aromatic heterocycles. The molecular formula is C8H15N3O2. The molecule has 1 rings (SSSR count). The van der Waals surface area contributed by atoms with Gasteiger partial charge in [-0.1, -0.05) is 24.4 Å². The van der Waals surface area contributed by atoms with Crippen LogP contribution in [0.15, 0.2) is 5.16 Å². The first kappa shape index (κ1) is 9.83. The Balaban J connectivity index is 2.34. The monoisotopic (exact) mass is 185 g/mol. The highest BCUT2D eigenvalue weighted by Crippen LogP contribution is 2.16. The maximum absolute atomic E-state index is 11.1. The second-order valence-corrected chi connectivity index (χ2v) is 3.29. The van der Waals surface area contributed by atoms with Gasteiger partial charge in [-0.05, 0) is 12.8 Å². The smallest absolute Gasteiger partial charge is 0.290 e. The van der Waals surface area contributed by atoms with Gasteiger partial charge in [0.15, 0.2) is 0 Å². The van der Waals surface area contributed by atoms with Gasteiger partial charge in [0.2, 0.25) is 5.84 Å². The van der Waals surface area contributed by atoms with Gasteiger partial charge >= 0.3 is 0 Å². The molecule has 4 N–H and O–H groups in total. The standard InChI is InChI=1S/C8H15N3O2/c9-7(11-13)8(12)10-6-4-2-1-3-5-6/h6,13H,1-5H2,(H2,9,11)(H,10,12). The van der Waals surface area contributed by atoms with Crippen LogP contribution >= 0.6 is 0 Å². The highest BCUT2D eigenvalue weighted by molar-refractivity contribution is 6.37. The molecular weight excluding hydrogens is 170 g/mol. The first-order chi connectivity index (χ1) is 6.24. The molecule has 74 valence electrons. The number of nitrogens with one attached hydrogen (secondary N) is 1. The van der Waals surface area contributed by atoms with Crippen LogP contribution in [0.5, 0.6) is 0 Å². The number of oxime groups is 1. The van der Waals surface area contributed by atoms with E-state index in [-0.39, 0.29) is 11.9 Å². The molecule has 5 nitrogen and oxygen atoms in total. The van der Waals surface area contributed by atoms with Crippen LogP contribution in [0.25, 0.3) is 0 Å². The predicted octanol–water partition coefficient (Wildman–Crippen LogP) is 0.182. The van der Waals surface area contributed by atoms with E-state index < -0.39 is 5.91 Å². The van der Waals surface area contributed by atoms with Gasteiger partial charge in [-0.3, -0.25) is 4.79 Å². The Morgan fingerprint density at radius 3 is 2.54 bits per heavy atom. The van der Waals surface area contributed by atoms with Crippen molar-refractivity contribution < 1.29 is 10.0 Å². The molecule has 1 amide bonds. The maximum atomic E-state index is 11.1. The number of amides is 1. The van der Waals surface area contributed by atoms with Crippen LogP contribution in [-0.2, 0) is 4.79 Å². The predicted molar refractivity (Wildman–Crippen MR) is 48.4 cm³/mol. The Kier molecular flexibility index (Phi) is 3.54. The molecule has 1 aliphatic rings. The van der Waals surface area contributed by atoms with Crippen LogP contribution in [0, 0.1) is 0 Å². The molecule has 5 heteroatoms. The zero-order valence-corrected chi connectivity index (χ0v) is 7.49. The zero-order chi connectivity index (χ0) is 9.68. The minimum absolute atomic E-state index is 0.196. The fourth-order valence-corrected chi connectivity index (χ4v) is 1.55. The Hall–Kier alpha value is -1.26. The van der Waals surface area contributed by atoms with E-state index in [2.05, 4.69) is 10.5 Å². The summed E-state index contributed by atoms with van der Waals surface area (Å²) in [5.74, 6) is -0.847. The lowest BCUT2D eigenvalue weighted by atomic mass is 9.95. The molecule has 0 aromatic carbocycles. The lowest BCUT2D eigenvalue weighted by molar-refractivity contribution is -0.115. The molecule has 13 heavy (non-hydrogen) atoms. The Labute approximate surface area is 77.0 Å². The van der Waals surface area contributed by atoms with Crippen molar-refractivity contribution in [1.29, 1.82) is 0 Å². The first-order valence-electron chi connectivity index (χ1n) is 4.52. The molecule has 0 saturated heterocycles. The summed E-state index contributed by atoms with van der Waals surface area (Å²) in [6, 6.07) is 0.196. The number of nitrogens with two attached hydrogens (primary N) is 1. The van der Waals surface area contributed by atoms with Crippen molar-refractivity contribution in [3.8, 4) is 0 Å². The maximum Gasteiger partial charge on any atom is 0.290 e. The van der Waals surface area contributed by atoms with Crippen molar-refractivity contribution in [3.05, 3.63) is 0 Å². The highest BCUT2D eigenvalue weighted by Gasteiger charge is 2.17. The third-order valence-electron chi connectivity index (χ3n) is 2.28. The number of hydrogen-bond acceptors (Lipinski definition) is 3. The molecule has 0 spiro atoms. The van der Waals surface area contributed by atoms with Crippen LogP contribution in [0.4, 0.5) is 0 Å². The van der Waals surface area contributed by atoms with Crippen molar-refractivity contribution in [2.75, 3.05) is 0 Å². The highest BCUT2D eigenvalue weighted by atomic mass is 16.4. The summed E-state index contributed by atoms with van der Waals surface area (Å²) in [4.78, 5) is 11.1. The van der Waals surface area contributed by atoms with E-state index in [1.54, 1.807) is 0 Å². The van der Waals surface area contributed by atoms with E-state index in [9.17, 15) is 4.79 Å². The SMILES string of the molecule is N/C(=N\O)C(=O)NC1CCCCC1. The third-order valence-corrected chi connectivity index (χ3v) is 2.28. The number of carbonyl (C=O) groups is 1. The van der Waals surface area contributed by atoms with Gasteiger partial charge in [-0.15, -0.1) is 0 Å². The Morgan fingerprint density at radius 1 is 1.38 bits per heavy atom. The number of rotatable bonds is 1. The first-order valence-corrected chi connectivity index (χ1v) is 4.52. The van der Waals surface area contributed by atoms with Gasteiger partial charge in [0.25, 0.3) is 5.91 Å². The van der Waals surface area contributed by atoms with Crippen molar-refractivity contribution in [1.82, 2.24) is 5.32 Å². The normalized spacial score (nSPS) is 19.8. The molecule has 0 atom stereocenters. The fraction of sp³-hybridized carbons (Fsp3) is 0.750. The molecule has 1 aliphatic carbocycles. The average Bonchev–Trinajstić information content (AvgIpc) is 2.18. The Morgan fingerprint density at radius 2 is 2.00 bits per heavy atom. The molecule has 1 saturated carbocycles. The lowest BCUT2D eigenvalue weighted by Gasteiger charge is -2.22. The van der Waals surface area contributed by atoms with Crippen LogP contribution in [-0.4, -0.2) is 23.0 Å². The molecule has 0 radical (unpaired) electrons. The summed E-state index contributed by atoms with van der Waals surface area (Å²) >= 11 is 0. The molecule has 0 aliphatic heterocycles. The molecule has 0 heterocycles. The molecule has 0 unspecified atom stereocenters. The summed E-state index contributed by atoms with van der Waals surface area (Å²) < 4.78 is 0. The second kappa shape index (κ2) is 4.69. The van der Waals surface area contributed by atoms with E-state index in [1.165, 1.54) is 6.42 Å². The lowest BCUT2D eigenvalue weighted by Crippen LogP contribution is -2.43. The van der Waals surface area contributed by atoms with Gasteiger partial charge in [0, 0.05) is 6.04 Å². The van der Waals surface area contributed by atoms with E-state index in [0.717, 1.165) is 25.7 Å². The van der Waals surface area contributed by atoms with Crippen molar-refractivity contribution in [2.24, 2.45) is 10.9 Å². The van der Waals surface area contributed by atoms with Gasteiger partial charge < -0.3 is 16.3 Å². The van der Waals surface area contributed by atoms with E-state index >= 15 is 0 Å². The van der Waals surface area contributed by atoms with E-state index in [4.69, 9.17) is 10.9 Å². The molecule has 1 fully saturated rings. The van der Waals surface area contributed by atoms with Crippen molar-refractivity contribution in [2.45, 2.75) is 38.1 Å². The minimum Gasteiger partial charge on any atom is -0.409 e. The van der Waals surface area contributed by atoms with Gasteiger partial charge in [0.1, 0.15) is 0 Å². The zero-order valence-electron chi connectivity index (χ0n) is 7.49. The number of carbonyl (C=O) groups excluding carboxylic acids is 1. The molecule has 0 aromatic rings. The van der Waals surface area contributed by atoms with E-state index in [0.29, 0.717) is 0 Å². The Bertz CT molecular complexity index is 209. The van der Waals surface area contributed by atoms with Crippen LogP contribution in [0.1, 0.15) is 32.1 Å². The summed E-state index contributed by atoms with van der Waals surface area (Å²) in [6.45, 7) is 0. The van der Waals surface area contributed by atoms with E-state index in [1.807, 2.05) is 0 Å². The fourth-order valence-electron chi connectivity index (χ4n) is 1.55. The summed E-state index contributed by atoms with van der Waals surface area (Å²) in [6.07, 6.45) is 5.49. The van der Waals surface area contributed by atoms with Crippen LogP contribution in [0.2, 0.25) is 0 Å². The topological polar surface area (TPSA) is 87.7 Å². The summed E-state index contributed by atoms with van der Waals surface area (Å²) in [5, 5.41) is 13.6. The largest absolute Gasteiger partial charge is 0.409 e. The summed E-state index contributed by atoms with van der Waals surface area (Å²) in [5.41, 5.74) is 5.12.